The zero-order valence-electron chi connectivity index (χ0n) is 13.7. The number of nitrogens with one attached hydrogen (secondary N) is 1. The summed E-state index contributed by atoms with van der Waals surface area (Å²) in [5.41, 5.74) is -0.518. The summed E-state index contributed by atoms with van der Waals surface area (Å²) in [6.07, 6.45) is 10.0. The van der Waals surface area contributed by atoms with E-state index in [4.69, 9.17) is 9.47 Å². The minimum atomic E-state index is -0.518. The molecule has 0 aromatic heterocycles. The van der Waals surface area contributed by atoms with E-state index in [1.165, 1.54) is 32.1 Å². The molecule has 2 aliphatic rings. The summed E-state index contributed by atoms with van der Waals surface area (Å²) >= 11 is 0. The minimum absolute atomic E-state index is 0.0695. The standard InChI is InChI=1S/C17H31NO3/c1-3-8-15-13-17(11-12-21-15,16(19)20-4-2)18-14-9-6-5-7-10-14/h14-15,18H,3-13H2,1-2H3. The predicted molar refractivity (Wildman–Crippen MR) is 83.3 cm³/mol. The zero-order valence-corrected chi connectivity index (χ0v) is 13.7. The van der Waals surface area contributed by atoms with E-state index >= 15 is 0 Å². The topological polar surface area (TPSA) is 47.6 Å². The fourth-order valence-corrected chi connectivity index (χ4v) is 3.74. The van der Waals surface area contributed by atoms with Gasteiger partial charge in [-0.15, -0.1) is 0 Å². The molecule has 21 heavy (non-hydrogen) atoms. The Hall–Kier alpha value is -0.610. The van der Waals surface area contributed by atoms with Crippen molar-refractivity contribution in [3.05, 3.63) is 0 Å². The van der Waals surface area contributed by atoms with E-state index in [2.05, 4.69) is 12.2 Å². The molecule has 4 heteroatoms. The quantitative estimate of drug-likeness (QED) is 0.765. The highest BCUT2D eigenvalue weighted by Crippen LogP contribution is 2.31. The van der Waals surface area contributed by atoms with E-state index in [1.807, 2.05) is 6.92 Å². The lowest BCUT2D eigenvalue weighted by atomic mass is 9.82. The van der Waals surface area contributed by atoms with E-state index in [0.717, 1.165) is 25.7 Å². The lowest BCUT2D eigenvalue weighted by Gasteiger charge is -2.42. The van der Waals surface area contributed by atoms with Gasteiger partial charge in [-0.1, -0.05) is 32.6 Å². The number of ether oxygens (including phenoxy) is 2. The fraction of sp³-hybridized carbons (Fsp3) is 0.941. The van der Waals surface area contributed by atoms with Crippen LogP contribution in [0.4, 0.5) is 0 Å². The van der Waals surface area contributed by atoms with Gasteiger partial charge in [0.25, 0.3) is 0 Å². The second kappa shape index (κ2) is 8.14. The zero-order chi connectivity index (χ0) is 15.1. The summed E-state index contributed by atoms with van der Waals surface area (Å²) in [5.74, 6) is -0.0695. The van der Waals surface area contributed by atoms with Crippen LogP contribution in [0.3, 0.4) is 0 Å². The predicted octanol–water partition coefficient (Wildman–Crippen LogP) is 3.19. The molecule has 0 aromatic rings. The molecule has 1 aliphatic carbocycles. The van der Waals surface area contributed by atoms with Crippen LogP contribution in [0.1, 0.15) is 71.6 Å². The highest BCUT2D eigenvalue weighted by Gasteiger charge is 2.45. The van der Waals surface area contributed by atoms with Crippen LogP contribution in [0.25, 0.3) is 0 Å². The first-order valence-corrected chi connectivity index (χ1v) is 8.76. The molecule has 2 unspecified atom stereocenters. The molecule has 1 saturated heterocycles. The van der Waals surface area contributed by atoms with Crippen molar-refractivity contribution in [3.63, 3.8) is 0 Å². The normalized spacial score (nSPS) is 31.0. The lowest BCUT2D eigenvalue weighted by Crippen LogP contribution is -2.61. The summed E-state index contributed by atoms with van der Waals surface area (Å²) in [7, 11) is 0. The Bertz CT molecular complexity index is 326. The highest BCUT2D eigenvalue weighted by molar-refractivity contribution is 5.81. The van der Waals surface area contributed by atoms with Gasteiger partial charge in [0.15, 0.2) is 0 Å². The summed E-state index contributed by atoms with van der Waals surface area (Å²) in [6.45, 7) is 5.16. The molecule has 2 atom stereocenters. The van der Waals surface area contributed by atoms with Crippen molar-refractivity contribution >= 4 is 5.97 Å². The molecular weight excluding hydrogens is 266 g/mol. The third-order valence-corrected chi connectivity index (χ3v) is 4.82. The van der Waals surface area contributed by atoms with Crippen LogP contribution in [0.2, 0.25) is 0 Å². The number of carbonyl (C=O) groups is 1. The second-order valence-corrected chi connectivity index (χ2v) is 6.52. The molecule has 0 amide bonds. The summed E-state index contributed by atoms with van der Waals surface area (Å²) < 4.78 is 11.2. The van der Waals surface area contributed by atoms with Gasteiger partial charge in [-0.25, -0.2) is 0 Å². The molecule has 122 valence electrons. The van der Waals surface area contributed by atoms with Crippen LogP contribution < -0.4 is 5.32 Å². The van der Waals surface area contributed by atoms with Crippen molar-refractivity contribution < 1.29 is 14.3 Å². The monoisotopic (exact) mass is 297 g/mol. The summed E-state index contributed by atoms with van der Waals surface area (Å²) in [6, 6.07) is 0.462. The number of rotatable bonds is 6. The Balaban J connectivity index is 2.07. The van der Waals surface area contributed by atoms with Gasteiger partial charge in [0.05, 0.1) is 12.7 Å². The maximum atomic E-state index is 12.6. The van der Waals surface area contributed by atoms with Gasteiger partial charge >= 0.3 is 5.97 Å². The van der Waals surface area contributed by atoms with Crippen molar-refractivity contribution in [2.75, 3.05) is 13.2 Å². The molecule has 2 fully saturated rings. The molecule has 0 aromatic carbocycles. The van der Waals surface area contributed by atoms with Crippen LogP contribution in [0.15, 0.2) is 0 Å². The first kappa shape index (κ1) is 16.8. The first-order valence-electron chi connectivity index (χ1n) is 8.76. The van der Waals surface area contributed by atoms with Gasteiger partial charge in [-0.05, 0) is 32.6 Å². The Labute approximate surface area is 129 Å². The smallest absolute Gasteiger partial charge is 0.326 e. The summed E-state index contributed by atoms with van der Waals surface area (Å²) in [4.78, 5) is 12.6. The molecule has 0 radical (unpaired) electrons. The number of carbonyl (C=O) groups excluding carboxylic acids is 1. The third-order valence-electron chi connectivity index (χ3n) is 4.82. The van der Waals surface area contributed by atoms with Crippen LogP contribution in [0, 0.1) is 0 Å². The Kier molecular flexibility index (Phi) is 6.49. The molecular formula is C17H31NO3. The van der Waals surface area contributed by atoms with Crippen molar-refractivity contribution in [2.24, 2.45) is 0 Å². The lowest BCUT2D eigenvalue weighted by molar-refractivity contribution is -0.159. The average molecular weight is 297 g/mol. The van der Waals surface area contributed by atoms with E-state index in [1.54, 1.807) is 0 Å². The maximum Gasteiger partial charge on any atom is 0.326 e. The van der Waals surface area contributed by atoms with Crippen molar-refractivity contribution in [1.29, 1.82) is 0 Å². The van der Waals surface area contributed by atoms with Gasteiger partial charge < -0.3 is 9.47 Å². The molecule has 1 aliphatic heterocycles. The van der Waals surface area contributed by atoms with Crippen molar-refractivity contribution in [1.82, 2.24) is 5.32 Å². The SMILES string of the molecule is CCCC1CC(NC2CCCCC2)(C(=O)OCC)CCO1. The number of hydrogen-bond acceptors (Lipinski definition) is 4. The molecule has 0 bridgehead atoms. The van der Waals surface area contributed by atoms with E-state index < -0.39 is 5.54 Å². The maximum absolute atomic E-state index is 12.6. The van der Waals surface area contributed by atoms with Gasteiger partial charge in [-0.3, -0.25) is 10.1 Å². The summed E-state index contributed by atoms with van der Waals surface area (Å²) in [5, 5.41) is 3.69. The van der Waals surface area contributed by atoms with E-state index in [9.17, 15) is 4.79 Å². The fourth-order valence-electron chi connectivity index (χ4n) is 3.74. The van der Waals surface area contributed by atoms with Gasteiger partial charge in [0.2, 0.25) is 0 Å². The second-order valence-electron chi connectivity index (χ2n) is 6.52. The Morgan fingerprint density at radius 1 is 1.29 bits per heavy atom. The van der Waals surface area contributed by atoms with Gasteiger partial charge in [0, 0.05) is 19.1 Å². The van der Waals surface area contributed by atoms with Crippen LogP contribution in [-0.4, -0.2) is 36.9 Å². The molecule has 4 nitrogen and oxygen atoms in total. The first-order chi connectivity index (χ1) is 10.2. The molecule has 0 spiro atoms. The Morgan fingerprint density at radius 2 is 2.05 bits per heavy atom. The van der Waals surface area contributed by atoms with Gasteiger partial charge in [-0.2, -0.15) is 0 Å². The van der Waals surface area contributed by atoms with Gasteiger partial charge in [0.1, 0.15) is 5.54 Å². The average Bonchev–Trinajstić information content (AvgIpc) is 2.49. The molecule has 1 saturated carbocycles. The molecule has 2 rings (SSSR count). The minimum Gasteiger partial charge on any atom is -0.465 e. The number of hydrogen-bond donors (Lipinski definition) is 1. The Morgan fingerprint density at radius 3 is 2.71 bits per heavy atom. The van der Waals surface area contributed by atoms with E-state index in [0.29, 0.717) is 19.3 Å². The van der Waals surface area contributed by atoms with Crippen molar-refractivity contribution in [3.8, 4) is 0 Å². The van der Waals surface area contributed by atoms with E-state index in [-0.39, 0.29) is 12.1 Å². The van der Waals surface area contributed by atoms with Crippen LogP contribution in [-0.2, 0) is 14.3 Å². The molecule has 1 N–H and O–H groups in total. The largest absolute Gasteiger partial charge is 0.465 e. The highest BCUT2D eigenvalue weighted by atomic mass is 16.5. The van der Waals surface area contributed by atoms with Crippen LogP contribution in [0.5, 0.6) is 0 Å². The van der Waals surface area contributed by atoms with Crippen LogP contribution >= 0.6 is 0 Å². The van der Waals surface area contributed by atoms with Crippen molar-refractivity contribution in [2.45, 2.75) is 89.3 Å². The number of esters is 1. The third kappa shape index (κ3) is 4.43. The molecule has 1 heterocycles.